The van der Waals surface area contributed by atoms with E-state index in [-0.39, 0.29) is 25.6 Å². The molecule has 27 heavy (non-hydrogen) atoms. The lowest BCUT2D eigenvalue weighted by Crippen LogP contribution is -2.15. The van der Waals surface area contributed by atoms with E-state index in [0.717, 1.165) is 0 Å². The standard InChI is InChI=1S/C17H32O10/c1-2-27-17(20)3-4-21-5-6-22-7-8-23-9-10-24-11-12-25-13-14-26-15-16(18)19/h2-15H2,1H3,(H,18,19). The largest absolute Gasteiger partial charge is 0.480 e. The third kappa shape index (κ3) is 22.7. The summed E-state index contributed by atoms with van der Waals surface area (Å²) in [6.45, 7) is 6.27. The van der Waals surface area contributed by atoms with E-state index in [1.165, 1.54) is 0 Å². The number of rotatable bonds is 21. The van der Waals surface area contributed by atoms with E-state index in [2.05, 4.69) is 0 Å². The van der Waals surface area contributed by atoms with Crippen molar-refractivity contribution < 1.29 is 47.9 Å². The molecule has 0 radical (unpaired) electrons. The maximum Gasteiger partial charge on any atom is 0.329 e. The first kappa shape index (κ1) is 25.7. The fraction of sp³-hybridized carbons (Fsp3) is 0.882. The number of ether oxygens (including phenoxy) is 7. The van der Waals surface area contributed by atoms with Gasteiger partial charge in [-0.2, -0.15) is 0 Å². The van der Waals surface area contributed by atoms with Crippen molar-refractivity contribution in [3.05, 3.63) is 0 Å². The van der Waals surface area contributed by atoms with E-state index in [0.29, 0.717) is 72.7 Å². The Labute approximate surface area is 159 Å². The molecule has 0 atom stereocenters. The van der Waals surface area contributed by atoms with Gasteiger partial charge >= 0.3 is 11.9 Å². The van der Waals surface area contributed by atoms with Crippen LogP contribution < -0.4 is 0 Å². The van der Waals surface area contributed by atoms with Crippen molar-refractivity contribution in [1.82, 2.24) is 0 Å². The zero-order chi connectivity index (χ0) is 20.0. The number of carbonyl (C=O) groups is 2. The molecule has 0 aliphatic carbocycles. The molecule has 0 spiro atoms. The highest BCUT2D eigenvalue weighted by atomic mass is 16.6. The fourth-order valence-electron chi connectivity index (χ4n) is 1.65. The van der Waals surface area contributed by atoms with Crippen LogP contribution in [0, 0.1) is 0 Å². The minimum Gasteiger partial charge on any atom is -0.480 e. The third-order valence-corrected chi connectivity index (χ3v) is 2.84. The van der Waals surface area contributed by atoms with Gasteiger partial charge in [0.05, 0.1) is 85.7 Å². The number of carbonyl (C=O) groups excluding carboxylic acids is 1. The monoisotopic (exact) mass is 396 g/mol. The lowest BCUT2D eigenvalue weighted by molar-refractivity contribution is -0.144. The molecule has 0 amide bonds. The number of esters is 1. The van der Waals surface area contributed by atoms with Gasteiger partial charge in [0.25, 0.3) is 0 Å². The Hall–Kier alpha value is -1.30. The van der Waals surface area contributed by atoms with Gasteiger partial charge in [-0.3, -0.25) is 4.79 Å². The molecule has 0 aliphatic heterocycles. The molecule has 160 valence electrons. The van der Waals surface area contributed by atoms with Crippen LogP contribution in [0.5, 0.6) is 0 Å². The molecular weight excluding hydrogens is 364 g/mol. The number of carboxylic acid groups (broad SMARTS) is 1. The van der Waals surface area contributed by atoms with Crippen LogP contribution in [0.15, 0.2) is 0 Å². The molecule has 0 bridgehead atoms. The maximum atomic E-state index is 11.0. The van der Waals surface area contributed by atoms with Crippen molar-refractivity contribution in [3.8, 4) is 0 Å². The van der Waals surface area contributed by atoms with Gasteiger partial charge in [0, 0.05) is 0 Å². The average molecular weight is 396 g/mol. The van der Waals surface area contributed by atoms with E-state index in [4.69, 9.17) is 38.3 Å². The number of hydrogen-bond donors (Lipinski definition) is 1. The van der Waals surface area contributed by atoms with E-state index in [1.807, 2.05) is 0 Å². The van der Waals surface area contributed by atoms with Gasteiger partial charge < -0.3 is 38.3 Å². The van der Waals surface area contributed by atoms with Gasteiger partial charge in [-0.25, -0.2) is 4.79 Å². The summed E-state index contributed by atoms with van der Waals surface area (Å²) in [6, 6.07) is 0. The van der Waals surface area contributed by atoms with Gasteiger partial charge in [0.2, 0.25) is 0 Å². The van der Waals surface area contributed by atoms with Crippen LogP contribution in [-0.2, 0) is 42.7 Å². The first-order valence-electron chi connectivity index (χ1n) is 9.00. The zero-order valence-corrected chi connectivity index (χ0v) is 16.0. The minimum absolute atomic E-state index is 0.242. The summed E-state index contributed by atoms with van der Waals surface area (Å²) in [5, 5.41) is 8.36. The summed E-state index contributed by atoms with van der Waals surface area (Å²) in [6.07, 6.45) is 0.250. The Morgan fingerprint density at radius 3 is 1.37 bits per heavy atom. The highest BCUT2D eigenvalue weighted by Crippen LogP contribution is 1.89. The Morgan fingerprint density at radius 2 is 1.00 bits per heavy atom. The molecule has 10 heteroatoms. The van der Waals surface area contributed by atoms with Gasteiger partial charge in [0.15, 0.2) is 0 Å². The molecule has 1 N–H and O–H groups in total. The van der Waals surface area contributed by atoms with Crippen molar-refractivity contribution in [3.63, 3.8) is 0 Å². The van der Waals surface area contributed by atoms with Crippen molar-refractivity contribution in [2.24, 2.45) is 0 Å². The second kappa shape index (κ2) is 21.0. The molecule has 0 saturated carbocycles. The van der Waals surface area contributed by atoms with Gasteiger partial charge in [-0.15, -0.1) is 0 Å². The normalized spacial score (nSPS) is 10.9. The summed E-state index contributed by atoms with van der Waals surface area (Å²) in [5.74, 6) is -1.26. The molecule has 0 saturated heterocycles. The van der Waals surface area contributed by atoms with Gasteiger partial charge in [-0.05, 0) is 6.92 Å². The summed E-state index contributed by atoms with van der Waals surface area (Å²) in [7, 11) is 0. The molecule has 0 aliphatic rings. The Morgan fingerprint density at radius 1 is 0.630 bits per heavy atom. The number of hydrogen-bond acceptors (Lipinski definition) is 9. The average Bonchev–Trinajstić information content (AvgIpc) is 2.63. The highest BCUT2D eigenvalue weighted by molar-refractivity contribution is 5.69. The molecule has 0 rings (SSSR count). The molecule has 0 heterocycles. The van der Waals surface area contributed by atoms with Crippen LogP contribution in [-0.4, -0.2) is 103 Å². The Bertz CT molecular complexity index is 351. The molecular formula is C17H32O10. The molecule has 0 fully saturated rings. The number of carboxylic acids is 1. The van der Waals surface area contributed by atoms with E-state index < -0.39 is 5.97 Å². The quantitative estimate of drug-likeness (QED) is 0.212. The first-order valence-corrected chi connectivity index (χ1v) is 9.00. The SMILES string of the molecule is CCOC(=O)CCOCCOCCOCCOCCOCCOCC(=O)O. The van der Waals surface area contributed by atoms with E-state index in [9.17, 15) is 9.59 Å². The summed E-state index contributed by atoms with van der Waals surface area (Å²) < 4.78 is 36.0. The second-order valence-corrected chi connectivity index (χ2v) is 5.06. The van der Waals surface area contributed by atoms with Crippen LogP contribution in [0.2, 0.25) is 0 Å². The molecule has 0 aromatic carbocycles. The van der Waals surface area contributed by atoms with Crippen LogP contribution in [0.25, 0.3) is 0 Å². The van der Waals surface area contributed by atoms with Crippen molar-refractivity contribution in [1.29, 1.82) is 0 Å². The maximum absolute atomic E-state index is 11.0. The predicted molar refractivity (Wildman–Crippen MR) is 93.8 cm³/mol. The molecule has 0 aromatic heterocycles. The third-order valence-electron chi connectivity index (χ3n) is 2.84. The molecule has 0 unspecified atom stereocenters. The highest BCUT2D eigenvalue weighted by Gasteiger charge is 2.00. The lowest BCUT2D eigenvalue weighted by Gasteiger charge is -2.08. The fourth-order valence-corrected chi connectivity index (χ4v) is 1.65. The van der Waals surface area contributed by atoms with Gasteiger partial charge in [0.1, 0.15) is 6.61 Å². The summed E-state index contributed by atoms with van der Waals surface area (Å²) >= 11 is 0. The van der Waals surface area contributed by atoms with E-state index >= 15 is 0 Å². The topological polar surface area (TPSA) is 119 Å². The number of aliphatic carboxylic acids is 1. The van der Waals surface area contributed by atoms with Crippen molar-refractivity contribution >= 4 is 11.9 Å². The Kier molecular flexibility index (Phi) is 20.0. The Balaban J connectivity index is 3.05. The second-order valence-electron chi connectivity index (χ2n) is 5.06. The zero-order valence-electron chi connectivity index (χ0n) is 16.0. The summed E-state index contributed by atoms with van der Waals surface area (Å²) in [4.78, 5) is 21.2. The lowest BCUT2D eigenvalue weighted by atomic mass is 10.5. The minimum atomic E-state index is -0.997. The first-order chi connectivity index (χ1) is 13.2. The van der Waals surface area contributed by atoms with Crippen LogP contribution in [0.4, 0.5) is 0 Å². The molecule has 10 nitrogen and oxygen atoms in total. The summed E-state index contributed by atoms with van der Waals surface area (Å²) in [5.41, 5.74) is 0. The van der Waals surface area contributed by atoms with E-state index in [1.54, 1.807) is 6.92 Å². The van der Waals surface area contributed by atoms with Crippen molar-refractivity contribution in [2.45, 2.75) is 13.3 Å². The van der Waals surface area contributed by atoms with Crippen molar-refractivity contribution in [2.75, 3.05) is 85.9 Å². The van der Waals surface area contributed by atoms with Crippen LogP contribution in [0.1, 0.15) is 13.3 Å². The van der Waals surface area contributed by atoms with Crippen LogP contribution in [0.3, 0.4) is 0 Å². The smallest absolute Gasteiger partial charge is 0.329 e. The molecule has 0 aromatic rings. The predicted octanol–water partition coefficient (Wildman–Crippen LogP) is 0.124. The van der Waals surface area contributed by atoms with Gasteiger partial charge in [-0.1, -0.05) is 0 Å². The van der Waals surface area contributed by atoms with Crippen LogP contribution >= 0.6 is 0 Å².